The highest BCUT2D eigenvalue weighted by atomic mass is 79.9. The van der Waals surface area contributed by atoms with Crippen molar-refractivity contribution in [3.05, 3.63) is 38.0 Å². The van der Waals surface area contributed by atoms with Crippen molar-refractivity contribution < 1.29 is 9.26 Å². The number of anilines is 1. The Morgan fingerprint density at radius 1 is 1.48 bits per heavy atom. The van der Waals surface area contributed by atoms with Gasteiger partial charge in [0, 0.05) is 19.2 Å². The predicted molar refractivity (Wildman–Crippen MR) is 81.4 cm³/mol. The Labute approximate surface area is 130 Å². The first kappa shape index (κ1) is 15.7. The molecule has 0 saturated heterocycles. The van der Waals surface area contributed by atoms with E-state index in [1.165, 1.54) is 4.68 Å². The van der Waals surface area contributed by atoms with E-state index in [1.807, 2.05) is 13.8 Å². The van der Waals surface area contributed by atoms with E-state index in [0.29, 0.717) is 29.9 Å². The lowest BCUT2D eigenvalue weighted by atomic mass is 10.2. The van der Waals surface area contributed by atoms with Crippen LogP contribution >= 0.6 is 15.9 Å². The molecule has 0 aromatic carbocycles. The molecule has 0 aliphatic rings. The minimum Gasteiger partial charge on any atom is -0.383 e. The molecule has 0 spiro atoms. The average molecular weight is 357 g/mol. The summed E-state index contributed by atoms with van der Waals surface area (Å²) in [5.41, 5.74) is 2.24. The normalized spacial score (nSPS) is 10.9. The molecule has 0 saturated carbocycles. The number of hydrogen-bond donors (Lipinski definition) is 1. The summed E-state index contributed by atoms with van der Waals surface area (Å²) < 4.78 is 11.9. The summed E-state index contributed by atoms with van der Waals surface area (Å²) in [7, 11) is 1.58. The fourth-order valence-corrected chi connectivity index (χ4v) is 2.31. The zero-order chi connectivity index (χ0) is 15.4. The highest BCUT2D eigenvalue weighted by molar-refractivity contribution is 9.10. The summed E-state index contributed by atoms with van der Waals surface area (Å²) in [4.78, 5) is 12.1. The molecule has 0 aliphatic heterocycles. The van der Waals surface area contributed by atoms with E-state index in [2.05, 4.69) is 31.5 Å². The topological polar surface area (TPSA) is 82.2 Å². The number of methoxy groups -OCH3 is 1. The van der Waals surface area contributed by atoms with Gasteiger partial charge in [-0.25, -0.2) is 4.68 Å². The Morgan fingerprint density at radius 3 is 2.86 bits per heavy atom. The van der Waals surface area contributed by atoms with Crippen LogP contribution in [-0.4, -0.2) is 28.7 Å². The van der Waals surface area contributed by atoms with Crippen LogP contribution in [0.2, 0.25) is 0 Å². The van der Waals surface area contributed by atoms with Crippen molar-refractivity contribution in [2.24, 2.45) is 0 Å². The summed E-state index contributed by atoms with van der Waals surface area (Å²) in [6, 6.07) is 0. The molecule has 1 N–H and O–H groups in total. The number of halogens is 1. The van der Waals surface area contributed by atoms with Gasteiger partial charge < -0.3 is 14.6 Å². The Balaban J connectivity index is 2.14. The fraction of sp³-hybridized carbons (Fsp3) is 0.462. The minimum atomic E-state index is -0.198. The first-order chi connectivity index (χ1) is 10.0. The summed E-state index contributed by atoms with van der Waals surface area (Å²) in [5.74, 6) is 0.762. The Morgan fingerprint density at radius 2 is 2.24 bits per heavy atom. The van der Waals surface area contributed by atoms with Crippen LogP contribution in [0, 0.1) is 13.8 Å². The Bertz CT molecular complexity index is 661. The second kappa shape index (κ2) is 6.86. The third-order valence-electron chi connectivity index (χ3n) is 3.13. The van der Waals surface area contributed by atoms with Gasteiger partial charge >= 0.3 is 0 Å². The largest absolute Gasteiger partial charge is 0.383 e. The lowest BCUT2D eigenvalue weighted by Gasteiger charge is -2.10. The van der Waals surface area contributed by atoms with Crippen molar-refractivity contribution in [1.29, 1.82) is 0 Å². The smallest absolute Gasteiger partial charge is 0.283 e. The molecule has 2 rings (SSSR count). The van der Waals surface area contributed by atoms with Gasteiger partial charge in [0.2, 0.25) is 0 Å². The molecule has 2 aromatic rings. The van der Waals surface area contributed by atoms with E-state index >= 15 is 0 Å². The second-order valence-corrected chi connectivity index (χ2v) is 5.34. The molecule has 0 bridgehead atoms. The van der Waals surface area contributed by atoms with Crippen LogP contribution in [0.25, 0.3) is 0 Å². The number of nitrogens with one attached hydrogen (secondary N) is 1. The third kappa shape index (κ3) is 3.51. The molecule has 7 nitrogen and oxygen atoms in total. The van der Waals surface area contributed by atoms with Crippen molar-refractivity contribution in [3.63, 3.8) is 0 Å². The van der Waals surface area contributed by atoms with Gasteiger partial charge in [-0.3, -0.25) is 4.79 Å². The van der Waals surface area contributed by atoms with Gasteiger partial charge in [0.05, 0.1) is 30.7 Å². The molecule has 8 heteroatoms. The van der Waals surface area contributed by atoms with Gasteiger partial charge in [-0.2, -0.15) is 5.10 Å². The predicted octanol–water partition coefficient (Wildman–Crippen LogP) is 1.87. The van der Waals surface area contributed by atoms with Gasteiger partial charge in [0.15, 0.2) is 0 Å². The van der Waals surface area contributed by atoms with Gasteiger partial charge in [-0.15, -0.1) is 0 Å². The lowest BCUT2D eigenvalue weighted by Crippen LogP contribution is -2.26. The van der Waals surface area contributed by atoms with Crippen molar-refractivity contribution in [1.82, 2.24) is 14.9 Å². The molecule has 0 atom stereocenters. The fourth-order valence-electron chi connectivity index (χ4n) is 1.86. The van der Waals surface area contributed by atoms with Crippen LogP contribution in [0.4, 0.5) is 5.69 Å². The molecule has 2 aromatic heterocycles. The zero-order valence-corrected chi connectivity index (χ0v) is 13.7. The molecule has 0 amide bonds. The Kier molecular flexibility index (Phi) is 5.13. The third-order valence-corrected chi connectivity index (χ3v) is 3.90. The van der Waals surface area contributed by atoms with Crippen molar-refractivity contribution >= 4 is 21.6 Å². The van der Waals surface area contributed by atoms with Crippen LogP contribution in [0.5, 0.6) is 0 Å². The van der Waals surface area contributed by atoms with Crippen molar-refractivity contribution in [2.45, 2.75) is 26.9 Å². The van der Waals surface area contributed by atoms with Crippen LogP contribution < -0.4 is 10.9 Å². The van der Waals surface area contributed by atoms with Crippen molar-refractivity contribution in [3.8, 4) is 0 Å². The van der Waals surface area contributed by atoms with E-state index in [0.717, 1.165) is 17.0 Å². The van der Waals surface area contributed by atoms with E-state index in [-0.39, 0.29) is 5.56 Å². The highest BCUT2D eigenvalue weighted by Gasteiger charge is 2.12. The minimum absolute atomic E-state index is 0.198. The monoisotopic (exact) mass is 356 g/mol. The SMILES string of the molecule is COCCn1ncc(NCc2c(C)noc2C)c(Br)c1=O. The number of aryl methyl sites for hydroxylation is 2. The molecular weight excluding hydrogens is 340 g/mol. The molecule has 114 valence electrons. The first-order valence-corrected chi connectivity index (χ1v) is 7.24. The van der Waals surface area contributed by atoms with Crippen LogP contribution in [0.1, 0.15) is 17.0 Å². The maximum atomic E-state index is 12.1. The highest BCUT2D eigenvalue weighted by Crippen LogP contribution is 2.19. The molecule has 21 heavy (non-hydrogen) atoms. The van der Waals surface area contributed by atoms with E-state index < -0.39 is 0 Å². The standard InChI is InChI=1S/C13H17BrN4O3/c1-8-10(9(2)21-17-8)6-15-11-7-16-18(4-5-20-3)13(19)12(11)14/h7,15H,4-6H2,1-3H3. The molecule has 0 aliphatic carbocycles. The quantitative estimate of drug-likeness (QED) is 0.850. The molecule has 0 unspecified atom stereocenters. The zero-order valence-electron chi connectivity index (χ0n) is 12.1. The van der Waals surface area contributed by atoms with E-state index in [4.69, 9.17) is 9.26 Å². The van der Waals surface area contributed by atoms with Gasteiger partial charge in [0.25, 0.3) is 5.56 Å². The molecule has 2 heterocycles. The molecule has 0 radical (unpaired) electrons. The number of rotatable bonds is 6. The molecule has 0 fully saturated rings. The van der Waals surface area contributed by atoms with Crippen LogP contribution in [-0.2, 0) is 17.8 Å². The van der Waals surface area contributed by atoms with E-state index in [9.17, 15) is 4.79 Å². The maximum absolute atomic E-state index is 12.1. The van der Waals surface area contributed by atoms with Gasteiger partial charge in [-0.05, 0) is 29.8 Å². The average Bonchev–Trinajstić information content (AvgIpc) is 2.79. The van der Waals surface area contributed by atoms with Gasteiger partial charge in [-0.1, -0.05) is 5.16 Å². The summed E-state index contributed by atoms with van der Waals surface area (Å²) in [6.07, 6.45) is 1.61. The number of aromatic nitrogens is 3. The first-order valence-electron chi connectivity index (χ1n) is 6.44. The number of nitrogens with zero attached hydrogens (tertiary/aromatic N) is 3. The van der Waals surface area contributed by atoms with Crippen molar-refractivity contribution in [2.75, 3.05) is 19.0 Å². The summed E-state index contributed by atoms with van der Waals surface area (Å²) in [5, 5.41) is 11.2. The lowest BCUT2D eigenvalue weighted by molar-refractivity contribution is 0.181. The summed E-state index contributed by atoms with van der Waals surface area (Å²) in [6.45, 7) is 5.10. The number of hydrogen-bond acceptors (Lipinski definition) is 6. The van der Waals surface area contributed by atoms with E-state index in [1.54, 1.807) is 13.3 Å². The van der Waals surface area contributed by atoms with Crippen LogP contribution in [0.3, 0.4) is 0 Å². The molecular formula is C13H17BrN4O3. The van der Waals surface area contributed by atoms with Gasteiger partial charge in [0.1, 0.15) is 10.2 Å². The second-order valence-electron chi connectivity index (χ2n) is 4.55. The van der Waals surface area contributed by atoms with Crippen LogP contribution in [0.15, 0.2) is 20.0 Å². The number of ether oxygens (including phenoxy) is 1. The maximum Gasteiger partial charge on any atom is 0.283 e. The summed E-state index contributed by atoms with van der Waals surface area (Å²) >= 11 is 3.31. The Hall–Kier alpha value is -1.67.